The van der Waals surface area contributed by atoms with Crippen LogP contribution >= 0.6 is 11.6 Å². The molecule has 0 amide bonds. The average Bonchev–Trinajstić information content (AvgIpc) is 2.25. The number of hydrogen-bond donors (Lipinski definition) is 1. The van der Waals surface area contributed by atoms with E-state index in [-0.39, 0.29) is 23.0 Å². The van der Waals surface area contributed by atoms with Gasteiger partial charge in [0, 0.05) is 28.4 Å². The Morgan fingerprint density at radius 2 is 2.24 bits per heavy atom. The van der Waals surface area contributed by atoms with Crippen LogP contribution in [0.4, 0.5) is 20.2 Å². The third-order valence-electron chi connectivity index (χ3n) is 1.95. The lowest BCUT2D eigenvalue weighted by Crippen LogP contribution is -2.04. The zero-order valence-electron chi connectivity index (χ0n) is 8.62. The fraction of sp³-hybridized carbons (Fsp3) is 0.200. The molecule has 1 aromatic rings. The molecule has 0 saturated carbocycles. The average molecular weight is 263 g/mol. The molecule has 0 aliphatic carbocycles. The van der Waals surface area contributed by atoms with Crippen molar-refractivity contribution in [3.63, 3.8) is 0 Å². The molecule has 0 aliphatic rings. The highest BCUT2D eigenvalue weighted by Crippen LogP contribution is 2.30. The van der Waals surface area contributed by atoms with Gasteiger partial charge in [-0.1, -0.05) is 18.2 Å². The molecule has 1 rings (SSSR count). The minimum absolute atomic E-state index is 0.104. The van der Waals surface area contributed by atoms with Crippen molar-refractivity contribution < 1.29 is 13.7 Å². The number of benzene rings is 1. The molecule has 7 heteroatoms. The second-order valence-corrected chi connectivity index (χ2v) is 3.73. The number of nitro benzene ring substituents is 1. The van der Waals surface area contributed by atoms with Crippen molar-refractivity contribution >= 4 is 23.0 Å². The van der Waals surface area contributed by atoms with Crippen molar-refractivity contribution in [1.82, 2.24) is 0 Å². The van der Waals surface area contributed by atoms with Crippen molar-refractivity contribution in [2.75, 3.05) is 11.9 Å². The molecule has 0 heterocycles. The summed E-state index contributed by atoms with van der Waals surface area (Å²) in [6.45, 7) is 3.51. The van der Waals surface area contributed by atoms with Gasteiger partial charge in [-0.3, -0.25) is 10.1 Å². The van der Waals surface area contributed by atoms with Crippen LogP contribution < -0.4 is 5.32 Å². The van der Waals surface area contributed by atoms with Gasteiger partial charge in [-0.2, -0.15) is 0 Å². The molecule has 4 nitrogen and oxygen atoms in total. The van der Waals surface area contributed by atoms with Gasteiger partial charge in [0.2, 0.25) is 0 Å². The smallest absolute Gasteiger partial charge is 0.270 e. The first kappa shape index (κ1) is 13.4. The molecule has 0 aliphatic heterocycles. The van der Waals surface area contributed by atoms with Gasteiger partial charge in [0.1, 0.15) is 0 Å². The fourth-order valence-electron chi connectivity index (χ4n) is 1.20. The van der Waals surface area contributed by atoms with Crippen molar-refractivity contribution in [3.8, 4) is 0 Å². The van der Waals surface area contributed by atoms with E-state index in [0.717, 1.165) is 12.1 Å². The predicted octanol–water partition coefficient (Wildman–Crippen LogP) is 3.70. The largest absolute Gasteiger partial charge is 0.380 e. The number of halogens is 3. The molecule has 1 aromatic carbocycles. The molecule has 17 heavy (non-hydrogen) atoms. The lowest BCUT2D eigenvalue weighted by Gasteiger charge is -2.10. The van der Waals surface area contributed by atoms with E-state index in [0.29, 0.717) is 0 Å². The number of nitro groups is 1. The van der Waals surface area contributed by atoms with Crippen molar-refractivity contribution in [2.45, 2.75) is 6.43 Å². The number of nitrogens with one attached hydrogen (secondary N) is 1. The minimum atomic E-state index is -2.80. The molecule has 0 aromatic heterocycles. The van der Waals surface area contributed by atoms with E-state index >= 15 is 0 Å². The number of hydrogen-bond acceptors (Lipinski definition) is 3. The Morgan fingerprint density at radius 3 is 2.71 bits per heavy atom. The van der Waals surface area contributed by atoms with Gasteiger partial charge in [0.15, 0.2) is 0 Å². The normalized spacial score (nSPS) is 10.4. The third kappa shape index (κ3) is 3.67. The molecule has 0 spiro atoms. The topological polar surface area (TPSA) is 55.2 Å². The SMILES string of the molecule is C=C(Cl)CNc1ccc([N+](=O)[O-])cc1C(F)F. The molecular weight excluding hydrogens is 254 g/mol. The number of anilines is 1. The first-order valence-electron chi connectivity index (χ1n) is 4.55. The second kappa shape index (κ2) is 5.58. The Hall–Kier alpha value is -1.69. The van der Waals surface area contributed by atoms with Crippen LogP contribution in [0.25, 0.3) is 0 Å². The van der Waals surface area contributed by atoms with Gasteiger partial charge in [-0.05, 0) is 6.07 Å². The van der Waals surface area contributed by atoms with Gasteiger partial charge >= 0.3 is 0 Å². The quantitative estimate of drug-likeness (QED) is 0.650. The van der Waals surface area contributed by atoms with E-state index in [1.54, 1.807) is 0 Å². The van der Waals surface area contributed by atoms with Gasteiger partial charge in [0.05, 0.1) is 11.5 Å². The van der Waals surface area contributed by atoms with Crippen molar-refractivity contribution in [2.24, 2.45) is 0 Å². The van der Waals surface area contributed by atoms with Crippen LogP contribution in [-0.4, -0.2) is 11.5 Å². The first-order chi connectivity index (χ1) is 7.91. The zero-order chi connectivity index (χ0) is 13.0. The van der Waals surface area contributed by atoms with Crippen LogP contribution in [0.2, 0.25) is 0 Å². The molecule has 0 bridgehead atoms. The molecule has 0 saturated heterocycles. The fourth-order valence-corrected chi connectivity index (χ4v) is 1.26. The highest BCUT2D eigenvalue weighted by molar-refractivity contribution is 6.29. The molecule has 0 fully saturated rings. The number of nitrogens with zero attached hydrogens (tertiary/aromatic N) is 1. The molecule has 0 unspecified atom stereocenters. The van der Waals surface area contributed by atoms with Crippen molar-refractivity contribution in [1.29, 1.82) is 0 Å². The number of alkyl halides is 2. The van der Waals surface area contributed by atoms with Crippen LogP contribution in [0.5, 0.6) is 0 Å². The highest BCUT2D eigenvalue weighted by atomic mass is 35.5. The Labute approximate surface area is 101 Å². The lowest BCUT2D eigenvalue weighted by molar-refractivity contribution is -0.385. The van der Waals surface area contributed by atoms with Gasteiger partial charge in [0.25, 0.3) is 12.1 Å². The third-order valence-corrected chi connectivity index (χ3v) is 2.09. The minimum Gasteiger partial charge on any atom is -0.380 e. The molecule has 1 N–H and O–H groups in total. The summed E-state index contributed by atoms with van der Waals surface area (Å²) in [5.74, 6) is 0. The summed E-state index contributed by atoms with van der Waals surface area (Å²) in [4.78, 5) is 9.73. The number of rotatable bonds is 5. The van der Waals surface area contributed by atoms with Gasteiger partial charge < -0.3 is 5.32 Å². The zero-order valence-corrected chi connectivity index (χ0v) is 9.38. The maximum absolute atomic E-state index is 12.7. The molecule has 0 atom stereocenters. The first-order valence-corrected chi connectivity index (χ1v) is 4.93. The summed E-state index contributed by atoms with van der Waals surface area (Å²) in [5.41, 5.74) is -0.708. The number of non-ortho nitro benzene ring substituents is 1. The Balaban J connectivity index is 3.04. The summed E-state index contributed by atoms with van der Waals surface area (Å²) in [6, 6.07) is 3.20. The van der Waals surface area contributed by atoms with E-state index in [1.165, 1.54) is 6.07 Å². The molecule has 92 valence electrons. The highest BCUT2D eigenvalue weighted by Gasteiger charge is 2.17. The van der Waals surface area contributed by atoms with Crippen LogP contribution in [-0.2, 0) is 0 Å². The van der Waals surface area contributed by atoms with Crippen LogP contribution in [0.15, 0.2) is 29.8 Å². The molecule has 0 radical (unpaired) electrons. The van der Waals surface area contributed by atoms with E-state index in [1.807, 2.05) is 0 Å². The summed E-state index contributed by atoms with van der Waals surface area (Å²) in [6.07, 6.45) is -2.80. The molecular formula is C10H9ClF2N2O2. The Morgan fingerprint density at radius 1 is 1.59 bits per heavy atom. The van der Waals surface area contributed by atoms with E-state index in [2.05, 4.69) is 11.9 Å². The summed E-state index contributed by atoms with van der Waals surface area (Å²) < 4.78 is 25.4. The maximum atomic E-state index is 12.7. The predicted molar refractivity (Wildman–Crippen MR) is 61.5 cm³/mol. The monoisotopic (exact) mass is 262 g/mol. The van der Waals surface area contributed by atoms with Crippen molar-refractivity contribution in [3.05, 3.63) is 45.5 Å². The standard InChI is InChI=1S/C10H9ClF2N2O2/c1-6(11)5-14-9-3-2-7(15(16)17)4-8(9)10(12)13/h2-4,10,14H,1,5H2. The summed E-state index contributed by atoms with van der Waals surface area (Å²) >= 11 is 5.49. The Bertz CT molecular complexity index is 452. The second-order valence-electron chi connectivity index (χ2n) is 3.20. The lowest BCUT2D eigenvalue weighted by atomic mass is 10.1. The van der Waals surface area contributed by atoms with Crippen LogP contribution in [0.3, 0.4) is 0 Å². The Kier molecular flexibility index (Phi) is 4.39. The van der Waals surface area contributed by atoms with Gasteiger partial charge in [-0.25, -0.2) is 8.78 Å². The van der Waals surface area contributed by atoms with E-state index in [9.17, 15) is 18.9 Å². The van der Waals surface area contributed by atoms with E-state index in [4.69, 9.17) is 11.6 Å². The summed E-state index contributed by atoms with van der Waals surface area (Å²) in [5, 5.41) is 13.3. The maximum Gasteiger partial charge on any atom is 0.270 e. The summed E-state index contributed by atoms with van der Waals surface area (Å²) in [7, 11) is 0. The van der Waals surface area contributed by atoms with Crippen LogP contribution in [0, 0.1) is 10.1 Å². The van der Waals surface area contributed by atoms with Gasteiger partial charge in [-0.15, -0.1) is 0 Å². The van der Waals surface area contributed by atoms with Crippen LogP contribution in [0.1, 0.15) is 12.0 Å². The van der Waals surface area contributed by atoms with E-state index < -0.39 is 16.9 Å².